The summed E-state index contributed by atoms with van der Waals surface area (Å²) < 4.78 is 0. The SMILES string of the molecule is CC1(C)CNC(=O)N1c1ccc(CN)cc1. The van der Waals surface area contributed by atoms with Gasteiger partial charge in [0, 0.05) is 18.8 Å². The van der Waals surface area contributed by atoms with Crippen LogP contribution in [0.3, 0.4) is 0 Å². The molecule has 4 heteroatoms. The molecule has 16 heavy (non-hydrogen) atoms. The zero-order valence-electron chi connectivity index (χ0n) is 9.66. The number of amides is 2. The van der Waals surface area contributed by atoms with E-state index in [-0.39, 0.29) is 11.6 Å². The van der Waals surface area contributed by atoms with Crippen molar-refractivity contribution in [1.82, 2.24) is 5.32 Å². The maximum Gasteiger partial charge on any atom is 0.322 e. The molecular weight excluding hydrogens is 202 g/mol. The third-order valence-electron chi connectivity index (χ3n) is 2.91. The zero-order chi connectivity index (χ0) is 11.8. The zero-order valence-corrected chi connectivity index (χ0v) is 9.66. The minimum atomic E-state index is -0.179. The first kappa shape index (κ1) is 11.0. The molecule has 0 unspecified atom stereocenters. The number of hydrogen-bond acceptors (Lipinski definition) is 2. The van der Waals surface area contributed by atoms with E-state index < -0.39 is 0 Å². The van der Waals surface area contributed by atoms with Gasteiger partial charge in [-0.1, -0.05) is 12.1 Å². The summed E-state index contributed by atoms with van der Waals surface area (Å²) in [5.41, 5.74) is 7.35. The normalized spacial score (nSPS) is 18.7. The van der Waals surface area contributed by atoms with Crippen molar-refractivity contribution in [3.8, 4) is 0 Å². The van der Waals surface area contributed by atoms with E-state index in [9.17, 15) is 4.79 Å². The van der Waals surface area contributed by atoms with E-state index in [1.165, 1.54) is 0 Å². The van der Waals surface area contributed by atoms with Gasteiger partial charge in [-0.2, -0.15) is 0 Å². The highest BCUT2D eigenvalue weighted by atomic mass is 16.2. The molecule has 0 spiro atoms. The van der Waals surface area contributed by atoms with Crippen LogP contribution in [0.5, 0.6) is 0 Å². The number of carbonyl (C=O) groups is 1. The highest BCUT2D eigenvalue weighted by molar-refractivity contribution is 5.95. The molecule has 0 radical (unpaired) electrons. The summed E-state index contributed by atoms with van der Waals surface area (Å²) in [6.07, 6.45) is 0. The topological polar surface area (TPSA) is 58.4 Å². The molecule has 2 rings (SSSR count). The fraction of sp³-hybridized carbons (Fsp3) is 0.417. The van der Waals surface area contributed by atoms with Crippen LogP contribution in [0.25, 0.3) is 0 Å². The Morgan fingerprint density at radius 1 is 1.38 bits per heavy atom. The third kappa shape index (κ3) is 1.76. The molecule has 0 bridgehead atoms. The van der Waals surface area contributed by atoms with Gasteiger partial charge in [-0.05, 0) is 31.5 Å². The van der Waals surface area contributed by atoms with E-state index in [0.717, 1.165) is 11.3 Å². The second-order valence-electron chi connectivity index (χ2n) is 4.68. The molecule has 86 valence electrons. The molecule has 0 aliphatic carbocycles. The Labute approximate surface area is 95.4 Å². The molecule has 0 atom stereocenters. The lowest BCUT2D eigenvalue weighted by Crippen LogP contribution is -2.42. The van der Waals surface area contributed by atoms with Gasteiger partial charge in [-0.15, -0.1) is 0 Å². The van der Waals surface area contributed by atoms with Crippen molar-refractivity contribution in [3.05, 3.63) is 29.8 Å². The molecule has 1 heterocycles. The van der Waals surface area contributed by atoms with Gasteiger partial charge in [0.15, 0.2) is 0 Å². The van der Waals surface area contributed by atoms with E-state index in [1.54, 1.807) is 4.90 Å². The quantitative estimate of drug-likeness (QED) is 0.791. The number of anilines is 1. The fourth-order valence-electron chi connectivity index (χ4n) is 1.97. The van der Waals surface area contributed by atoms with Crippen molar-refractivity contribution in [2.24, 2.45) is 5.73 Å². The Morgan fingerprint density at radius 3 is 2.44 bits per heavy atom. The van der Waals surface area contributed by atoms with E-state index >= 15 is 0 Å². The molecule has 1 aliphatic rings. The maximum atomic E-state index is 11.7. The van der Waals surface area contributed by atoms with Crippen LogP contribution < -0.4 is 16.0 Å². The second kappa shape index (κ2) is 3.79. The van der Waals surface area contributed by atoms with Crippen LogP contribution in [-0.4, -0.2) is 18.1 Å². The van der Waals surface area contributed by atoms with Crippen LogP contribution in [0.15, 0.2) is 24.3 Å². The number of benzene rings is 1. The molecule has 4 nitrogen and oxygen atoms in total. The molecule has 1 saturated heterocycles. The Bertz CT molecular complexity index is 397. The predicted molar refractivity (Wildman–Crippen MR) is 64.3 cm³/mol. The first-order valence-corrected chi connectivity index (χ1v) is 5.42. The first-order chi connectivity index (χ1) is 7.54. The van der Waals surface area contributed by atoms with E-state index in [4.69, 9.17) is 5.73 Å². The van der Waals surface area contributed by atoms with Crippen LogP contribution in [0, 0.1) is 0 Å². The number of nitrogens with one attached hydrogen (secondary N) is 1. The summed E-state index contributed by atoms with van der Waals surface area (Å²) in [5.74, 6) is 0. The molecule has 1 aliphatic heterocycles. The van der Waals surface area contributed by atoms with Gasteiger partial charge in [-0.3, -0.25) is 4.90 Å². The second-order valence-corrected chi connectivity index (χ2v) is 4.68. The number of nitrogens with zero attached hydrogens (tertiary/aromatic N) is 1. The first-order valence-electron chi connectivity index (χ1n) is 5.42. The summed E-state index contributed by atoms with van der Waals surface area (Å²) in [7, 11) is 0. The monoisotopic (exact) mass is 219 g/mol. The van der Waals surface area contributed by atoms with E-state index in [0.29, 0.717) is 13.1 Å². The maximum absolute atomic E-state index is 11.7. The largest absolute Gasteiger partial charge is 0.335 e. The number of rotatable bonds is 2. The molecule has 0 saturated carbocycles. The summed E-state index contributed by atoms with van der Waals surface area (Å²) >= 11 is 0. The van der Waals surface area contributed by atoms with Crippen molar-refractivity contribution >= 4 is 11.7 Å². The van der Waals surface area contributed by atoms with Gasteiger partial charge in [0.2, 0.25) is 0 Å². The predicted octanol–water partition coefficient (Wildman–Crippen LogP) is 1.45. The lowest BCUT2D eigenvalue weighted by molar-refractivity contribution is 0.251. The van der Waals surface area contributed by atoms with Gasteiger partial charge < -0.3 is 11.1 Å². The molecule has 1 aromatic carbocycles. The molecule has 3 N–H and O–H groups in total. The summed E-state index contributed by atoms with van der Waals surface area (Å²) in [6.45, 7) is 5.28. The lowest BCUT2D eigenvalue weighted by atomic mass is 10.0. The lowest BCUT2D eigenvalue weighted by Gasteiger charge is -2.29. The van der Waals surface area contributed by atoms with Crippen molar-refractivity contribution in [2.75, 3.05) is 11.4 Å². The van der Waals surface area contributed by atoms with Crippen LogP contribution in [-0.2, 0) is 6.54 Å². The molecule has 1 aromatic rings. The third-order valence-corrected chi connectivity index (χ3v) is 2.91. The smallest absolute Gasteiger partial charge is 0.322 e. The van der Waals surface area contributed by atoms with Crippen LogP contribution in [0.1, 0.15) is 19.4 Å². The fourth-order valence-corrected chi connectivity index (χ4v) is 1.97. The molecule has 0 aromatic heterocycles. The summed E-state index contributed by atoms with van der Waals surface area (Å²) in [5, 5.41) is 2.85. The number of carbonyl (C=O) groups excluding carboxylic acids is 1. The highest BCUT2D eigenvalue weighted by Crippen LogP contribution is 2.27. The van der Waals surface area contributed by atoms with Crippen molar-refractivity contribution in [3.63, 3.8) is 0 Å². The Hall–Kier alpha value is -1.55. The Balaban J connectivity index is 2.32. The van der Waals surface area contributed by atoms with E-state index in [2.05, 4.69) is 5.32 Å². The van der Waals surface area contributed by atoms with Crippen LogP contribution >= 0.6 is 0 Å². The Kier molecular flexibility index (Phi) is 2.59. The minimum Gasteiger partial charge on any atom is -0.335 e. The molecule has 1 fully saturated rings. The van der Waals surface area contributed by atoms with Gasteiger partial charge in [-0.25, -0.2) is 4.79 Å². The van der Waals surface area contributed by atoms with Gasteiger partial charge in [0.05, 0.1) is 5.54 Å². The molecular formula is C12H17N3O. The highest BCUT2D eigenvalue weighted by Gasteiger charge is 2.38. The number of hydrogen-bond donors (Lipinski definition) is 2. The molecule has 2 amide bonds. The van der Waals surface area contributed by atoms with Gasteiger partial charge >= 0.3 is 6.03 Å². The van der Waals surface area contributed by atoms with Gasteiger partial charge in [0.1, 0.15) is 0 Å². The van der Waals surface area contributed by atoms with Crippen molar-refractivity contribution < 1.29 is 4.79 Å². The summed E-state index contributed by atoms with van der Waals surface area (Å²) in [6, 6.07) is 7.75. The summed E-state index contributed by atoms with van der Waals surface area (Å²) in [4.78, 5) is 13.5. The Morgan fingerprint density at radius 2 is 2.00 bits per heavy atom. The average Bonchev–Trinajstić information content (AvgIpc) is 2.53. The number of nitrogens with two attached hydrogens (primary N) is 1. The van der Waals surface area contributed by atoms with E-state index in [1.807, 2.05) is 38.1 Å². The number of urea groups is 1. The standard InChI is InChI=1S/C12H17N3O/c1-12(2)8-14-11(16)15(12)10-5-3-9(7-13)4-6-10/h3-6H,7-8,13H2,1-2H3,(H,14,16). The van der Waals surface area contributed by atoms with Crippen molar-refractivity contribution in [2.45, 2.75) is 25.9 Å². The average molecular weight is 219 g/mol. The van der Waals surface area contributed by atoms with Crippen LogP contribution in [0.4, 0.5) is 10.5 Å². The van der Waals surface area contributed by atoms with Crippen LogP contribution in [0.2, 0.25) is 0 Å². The minimum absolute atomic E-state index is 0.0366. The van der Waals surface area contributed by atoms with Crippen molar-refractivity contribution in [1.29, 1.82) is 0 Å². The van der Waals surface area contributed by atoms with Gasteiger partial charge in [0.25, 0.3) is 0 Å².